The first-order valence-corrected chi connectivity index (χ1v) is 12.5. The molecule has 3 atom stereocenters. The fourth-order valence-electron chi connectivity index (χ4n) is 3.75. The molecule has 0 aliphatic carbocycles. The number of thioether (sulfide) groups is 2. The lowest BCUT2D eigenvalue weighted by atomic mass is 9.96. The normalized spacial score (nSPS) is 22.1. The van der Waals surface area contributed by atoms with Crippen LogP contribution >= 0.6 is 35.7 Å². The summed E-state index contributed by atoms with van der Waals surface area (Å²) < 4.78 is 11.9. The number of hydrogen-bond donors (Lipinski definition) is 4. The highest BCUT2D eigenvalue weighted by Crippen LogP contribution is 2.47. The number of carboxylic acids is 2. The van der Waals surface area contributed by atoms with E-state index in [9.17, 15) is 29.7 Å². The number of β-lactam (4-membered cyclic amide) rings is 1. The van der Waals surface area contributed by atoms with Crippen LogP contribution < -0.4 is 5.32 Å². The smallest absolute Gasteiger partial charge is 0.352 e. The lowest BCUT2D eigenvalue weighted by Gasteiger charge is -2.56. The van der Waals surface area contributed by atoms with Crippen molar-refractivity contribution < 1.29 is 39.0 Å². The summed E-state index contributed by atoms with van der Waals surface area (Å²) in [5.74, 6) is -4.83. The van der Waals surface area contributed by atoms with Crippen LogP contribution in [0.2, 0.25) is 0 Å². The molecule has 2 aliphatic rings. The number of rotatable bonds is 9. The summed E-state index contributed by atoms with van der Waals surface area (Å²) in [4.78, 5) is 38.0. The zero-order valence-electron chi connectivity index (χ0n) is 18.9. The third-order valence-corrected chi connectivity index (χ3v) is 8.53. The molecule has 1 saturated heterocycles. The van der Waals surface area contributed by atoms with Gasteiger partial charge in [-0.05, 0) is 28.1 Å². The lowest BCUT2D eigenvalue weighted by molar-refractivity contribution is -0.187. The standard InChI is InChI=1S/C18H19N7O8S3/c1-6(10-8(13(27)28)11(26)21-33-10)12(34)19-18(32-3)15(31)25-9(14(29)30)7(4-35-16(18)25)5-36-17-20-22-23-24(17)2/h6,16H,4-5H2,1-3H3,(H,19,34)(H,21,26)(H,27,28)(H,29,30)/t6?,16-,18-/m0/s1. The van der Waals surface area contributed by atoms with Crippen LogP contribution in [0.4, 0.5) is 0 Å². The highest BCUT2D eigenvalue weighted by molar-refractivity contribution is 8.01. The third-order valence-electron chi connectivity index (χ3n) is 5.60. The van der Waals surface area contributed by atoms with Gasteiger partial charge in [0.25, 0.3) is 17.5 Å². The maximum atomic E-state index is 13.3. The van der Waals surface area contributed by atoms with Gasteiger partial charge in [0.15, 0.2) is 11.3 Å². The highest BCUT2D eigenvalue weighted by atomic mass is 32.2. The quantitative estimate of drug-likeness (QED) is 0.139. The minimum absolute atomic E-state index is 0.0268. The molecule has 4 rings (SSSR count). The Morgan fingerprint density at radius 3 is 2.72 bits per heavy atom. The average Bonchev–Trinajstić information content (AvgIpc) is 3.44. The summed E-state index contributed by atoms with van der Waals surface area (Å²) in [6.07, 6.45) is 0. The number of carbonyl (C=O) groups is 3. The van der Waals surface area contributed by atoms with Gasteiger partial charge in [0.2, 0.25) is 5.16 Å². The largest absolute Gasteiger partial charge is 0.490 e. The number of ether oxygens (including phenoxy) is 1. The predicted octanol–water partition coefficient (Wildman–Crippen LogP) is 0.0112. The van der Waals surface area contributed by atoms with E-state index in [0.717, 1.165) is 4.90 Å². The van der Waals surface area contributed by atoms with Gasteiger partial charge in [-0.2, -0.15) is 0 Å². The Morgan fingerprint density at radius 1 is 1.42 bits per heavy atom. The molecule has 2 aromatic rings. The number of thiocarbonyl (C=S) groups is 1. The first-order valence-electron chi connectivity index (χ1n) is 10.1. The number of carbonyl (C=O) groups excluding carboxylic acids is 1. The van der Waals surface area contributed by atoms with Crippen LogP contribution in [-0.4, -0.2) is 98.1 Å². The minimum atomic E-state index is -1.70. The van der Waals surface area contributed by atoms with Crippen molar-refractivity contribution in [1.82, 2.24) is 35.6 Å². The molecule has 0 radical (unpaired) electrons. The average molecular weight is 558 g/mol. The summed E-state index contributed by atoms with van der Waals surface area (Å²) in [6.45, 7) is 1.50. The predicted molar refractivity (Wildman–Crippen MR) is 126 cm³/mol. The van der Waals surface area contributed by atoms with Crippen LogP contribution in [-0.2, 0) is 21.4 Å². The number of aliphatic carboxylic acids is 1. The molecular formula is C18H19N7O8S3. The van der Waals surface area contributed by atoms with Crippen molar-refractivity contribution in [3.05, 3.63) is 22.6 Å². The van der Waals surface area contributed by atoms with Crippen molar-refractivity contribution in [2.24, 2.45) is 7.05 Å². The number of aromatic nitrogens is 5. The monoisotopic (exact) mass is 557 g/mol. The van der Waals surface area contributed by atoms with E-state index >= 15 is 0 Å². The third kappa shape index (κ3) is 4.08. The van der Waals surface area contributed by atoms with E-state index in [2.05, 4.69) is 26.0 Å². The number of amides is 1. The number of aromatic hydroxyl groups is 1. The van der Waals surface area contributed by atoms with Crippen LogP contribution in [0.3, 0.4) is 0 Å². The van der Waals surface area contributed by atoms with E-state index in [0.29, 0.717) is 10.7 Å². The molecular weight excluding hydrogens is 538 g/mol. The SMILES string of the molecule is CO[C@@]1(NC(=S)C(C)c2onc(O)c2C(=O)O)C(=O)N2C(C(=O)O)=C(CSc3nnnn3C)CS[C@H]21. The Hall–Kier alpha value is -3.22. The van der Waals surface area contributed by atoms with Crippen LogP contribution in [0.1, 0.15) is 29.0 Å². The Balaban J connectivity index is 1.56. The molecule has 2 aliphatic heterocycles. The number of carboxylic acid groups (broad SMARTS) is 2. The molecule has 0 aromatic carbocycles. The van der Waals surface area contributed by atoms with E-state index in [-0.39, 0.29) is 28.0 Å². The topological polar surface area (TPSA) is 206 Å². The number of methoxy groups -OCH3 is 1. The van der Waals surface area contributed by atoms with Crippen molar-refractivity contribution in [2.45, 2.75) is 29.1 Å². The van der Waals surface area contributed by atoms with Crippen molar-refractivity contribution in [1.29, 1.82) is 0 Å². The zero-order chi connectivity index (χ0) is 26.4. The van der Waals surface area contributed by atoms with Gasteiger partial charge in [-0.1, -0.05) is 24.0 Å². The number of tetrazole rings is 1. The molecule has 1 fully saturated rings. The first kappa shape index (κ1) is 25.9. The number of aromatic carboxylic acids is 1. The molecule has 192 valence electrons. The number of aryl methyl sites for hydroxylation is 1. The van der Waals surface area contributed by atoms with Gasteiger partial charge < -0.3 is 29.9 Å². The molecule has 4 N–H and O–H groups in total. The van der Waals surface area contributed by atoms with Gasteiger partial charge in [0.1, 0.15) is 11.1 Å². The maximum absolute atomic E-state index is 13.3. The Kier molecular flexibility index (Phi) is 6.95. The molecule has 0 spiro atoms. The molecule has 4 heterocycles. The fraction of sp³-hybridized carbons (Fsp3) is 0.444. The lowest BCUT2D eigenvalue weighted by Crippen LogP contribution is -2.80. The second-order valence-corrected chi connectivity index (χ2v) is 10.1. The van der Waals surface area contributed by atoms with Crippen LogP contribution in [0, 0.1) is 0 Å². The van der Waals surface area contributed by atoms with Crippen LogP contribution in [0.15, 0.2) is 20.9 Å². The molecule has 2 aromatic heterocycles. The van der Waals surface area contributed by atoms with Gasteiger partial charge in [0.05, 0.1) is 10.9 Å². The summed E-state index contributed by atoms with van der Waals surface area (Å²) in [5, 5.41) is 45.9. The van der Waals surface area contributed by atoms with Crippen LogP contribution in [0.25, 0.3) is 0 Å². The zero-order valence-corrected chi connectivity index (χ0v) is 21.3. The van der Waals surface area contributed by atoms with E-state index in [1.54, 1.807) is 7.05 Å². The summed E-state index contributed by atoms with van der Waals surface area (Å²) >= 11 is 7.90. The van der Waals surface area contributed by atoms with Gasteiger partial charge in [-0.3, -0.25) is 9.69 Å². The molecule has 1 unspecified atom stereocenters. The van der Waals surface area contributed by atoms with Gasteiger partial charge >= 0.3 is 11.9 Å². The number of fused-ring (bicyclic) bond motifs is 1. The summed E-state index contributed by atoms with van der Waals surface area (Å²) in [7, 11) is 2.93. The number of hydrogen-bond acceptors (Lipinski definition) is 13. The Morgan fingerprint density at radius 2 is 2.14 bits per heavy atom. The summed E-state index contributed by atoms with van der Waals surface area (Å²) in [6, 6.07) is 0. The molecule has 15 nitrogen and oxygen atoms in total. The molecule has 0 saturated carbocycles. The van der Waals surface area contributed by atoms with E-state index in [1.807, 2.05) is 0 Å². The van der Waals surface area contributed by atoms with Gasteiger partial charge in [-0.25, -0.2) is 14.3 Å². The number of nitrogens with zero attached hydrogens (tertiary/aromatic N) is 6. The second-order valence-electron chi connectivity index (χ2n) is 7.67. The summed E-state index contributed by atoms with van der Waals surface area (Å²) in [5.41, 5.74) is -1.90. The molecule has 1 amide bonds. The van der Waals surface area contributed by atoms with E-state index < -0.39 is 46.3 Å². The Bertz CT molecular complexity index is 1290. The molecule has 0 bridgehead atoms. The fourth-order valence-corrected chi connectivity index (χ4v) is 6.44. The first-order chi connectivity index (χ1) is 17.0. The van der Waals surface area contributed by atoms with E-state index in [4.69, 9.17) is 21.5 Å². The van der Waals surface area contributed by atoms with Crippen LogP contribution in [0.5, 0.6) is 5.88 Å². The maximum Gasteiger partial charge on any atom is 0.352 e. The van der Waals surface area contributed by atoms with Crippen molar-refractivity contribution in [3.8, 4) is 5.88 Å². The number of nitrogens with one attached hydrogen (secondary N) is 1. The van der Waals surface area contributed by atoms with Gasteiger partial charge in [0, 0.05) is 25.7 Å². The molecule has 36 heavy (non-hydrogen) atoms. The molecule has 18 heteroatoms. The van der Waals surface area contributed by atoms with Crippen molar-refractivity contribution in [2.75, 3.05) is 18.6 Å². The second kappa shape index (κ2) is 9.68. The van der Waals surface area contributed by atoms with Gasteiger partial charge in [-0.15, -0.1) is 16.9 Å². The highest BCUT2D eigenvalue weighted by Gasteiger charge is 2.66. The Labute approximate surface area is 216 Å². The van der Waals surface area contributed by atoms with Crippen molar-refractivity contribution in [3.63, 3.8) is 0 Å². The van der Waals surface area contributed by atoms with Crippen molar-refractivity contribution >= 4 is 58.6 Å². The van der Waals surface area contributed by atoms with E-state index in [1.165, 1.54) is 42.2 Å². The minimum Gasteiger partial charge on any atom is -0.490 e.